The van der Waals surface area contributed by atoms with E-state index in [4.69, 9.17) is 5.73 Å². The summed E-state index contributed by atoms with van der Waals surface area (Å²) >= 11 is 0. The maximum Gasteiger partial charge on any atom is 0.132 e. The van der Waals surface area contributed by atoms with Gasteiger partial charge in [0, 0.05) is 5.92 Å². The number of carbonyl (C=O) groups is 1. The molecule has 2 heteroatoms. The average Bonchev–Trinajstić information content (AvgIpc) is 1.82. The van der Waals surface area contributed by atoms with Gasteiger partial charge in [-0.25, -0.2) is 0 Å². The van der Waals surface area contributed by atoms with Crippen LogP contribution < -0.4 is 5.73 Å². The van der Waals surface area contributed by atoms with Crippen LogP contribution >= 0.6 is 0 Å². The Morgan fingerprint density at radius 1 is 1.67 bits per heavy atom. The number of hydrogen-bond donors (Lipinski definition) is 1. The van der Waals surface area contributed by atoms with Gasteiger partial charge in [-0.15, -0.1) is 0 Å². The van der Waals surface area contributed by atoms with Crippen molar-refractivity contribution in [1.82, 2.24) is 0 Å². The topological polar surface area (TPSA) is 43.1 Å². The number of nitrogens with two attached hydrogens (primary N) is 1. The molecule has 0 aliphatic rings. The highest BCUT2D eigenvalue weighted by Gasteiger charge is 2.04. The first-order chi connectivity index (χ1) is 4.18. The highest BCUT2D eigenvalue weighted by molar-refractivity contribution is 5.77. The van der Waals surface area contributed by atoms with Crippen molar-refractivity contribution in [3.63, 3.8) is 0 Å². The molecule has 9 heavy (non-hydrogen) atoms. The zero-order valence-electron chi connectivity index (χ0n) is 6.18. The lowest BCUT2D eigenvalue weighted by molar-refractivity contribution is -0.120. The van der Waals surface area contributed by atoms with Crippen molar-refractivity contribution in [2.45, 2.75) is 26.7 Å². The van der Waals surface area contributed by atoms with Crippen LogP contribution in [0.3, 0.4) is 0 Å². The molecule has 0 aliphatic heterocycles. The second-order valence-electron chi connectivity index (χ2n) is 2.44. The van der Waals surface area contributed by atoms with Crippen LogP contribution in [0.25, 0.3) is 0 Å². The number of hydrogen-bond acceptors (Lipinski definition) is 2. The van der Waals surface area contributed by atoms with Gasteiger partial charge in [0.1, 0.15) is 5.78 Å². The van der Waals surface area contributed by atoms with Gasteiger partial charge in [-0.3, -0.25) is 4.79 Å². The van der Waals surface area contributed by atoms with E-state index in [1.807, 2.05) is 6.92 Å². The molecule has 0 radical (unpaired) electrons. The van der Waals surface area contributed by atoms with Gasteiger partial charge >= 0.3 is 0 Å². The molecular formula is C7H15NO. The molecule has 0 rings (SSSR count). The van der Waals surface area contributed by atoms with Crippen LogP contribution in [-0.4, -0.2) is 12.3 Å². The number of Topliss-reactive ketones (excluding diaryl/α,β-unsaturated/α-hetero) is 1. The fourth-order valence-electron chi connectivity index (χ4n) is 0.627. The predicted molar refractivity (Wildman–Crippen MR) is 38.1 cm³/mol. The third-order valence-corrected chi connectivity index (χ3v) is 1.54. The van der Waals surface area contributed by atoms with Crippen molar-refractivity contribution < 1.29 is 4.79 Å². The summed E-state index contributed by atoms with van der Waals surface area (Å²) in [7, 11) is 0. The van der Waals surface area contributed by atoms with Crippen LogP contribution in [0.5, 0.6) is 0 Å². The van der Waals surface area contributed by atoms with Crippen molar-refractivity contribution in [3.8, 4) is 0 Å². The SMILES string of the molecule is CC(=O)[C@@H](C)CCCN. The molecule has 0 heterocycles. The Balaban J connectivity index is 3.27. The van der Waals surface area contributed by atoms with Crippen LogP contribution in [0, 0.1) is 5.92 Å². The van der Waals surface area contributed by atoms with E-state index >= 15 is 0 Å². The van der Waals surface area contributed by atoms with Crippen LogP contribution in [0.2, 0.25) is 0 Å². The van der Waals surface area contributed by atoms with Gasteiger partial charge in [-0.2, -0.15) is 0 Å². The summed E-state index contributed by atoms with van der Waals surface area (Å²) in [5.41, 5.74) is 5.27. The van der Waals surface area contributed by atoms with E-state index in [2.05, 4.69) is 0 Å². The first-order valence-corrected chi connectivity index (χ1v) is 3.39. The monoisotopic (exact) mass is 129 g/mol. The van der Waals surface area contributed by atoms with Gasteiger partial charge in [0.2, 0.25) is 0 Å². The maximum absolute atomic E-state index is 10.6. The molecule has 0 amide bonds. The minimum Gasteiger partial charge on any atom is -0.330 e. The van der Waals surface area contributed by atoms with Crippen molar-refractivity contribution in [2.75, 3.05) is 6.54 Å². The van der Waals surface area contributed by atoms with E-state index in [0.717, 1.165) is 12.8 Å². The summed E-state index contributed by atoms with van der Waals surface area (Å²) in [6, 6.07) is 0. The Bertz CT molecular complexity index is 90.9. The summed E-state index contributed by atoms with van der Waals surface area (Å²) in [4.78, 5) is 10.6. The van der Waals surface area contributed by atoms with Gasteiger partial charge in [-0.05, 0) is 26.3 Å². The van der Waals surface area contributed by atoms with Gasteiger partial charge in [0.15, 0.2) is 0 Å². The molecule has 2 nitrogen and oxygen atoms in total. The average molecular weight is 129 g/mol. The van der Waals surface area contributed by atoms with Crippen LogP contribution in [0.15, 0.2) is 0 Å². The van der Waals surface area contributed by atoms with E-state index in [1.165, 1.54) is 0 Å². The van der Waals surface area contributed by atoms with E-state index in [0.29, 0.717) is 6.54 Å². The van der Waals surface area contributed by atoms with E-state index < -0.39 is 0 Å². The van der Waals surface area contributed by atoms with Gasteiger partial charge in [-0.1, -0.05) is 6.92 Å². The quantitative estimate of drug-likeness (QED) is 0.614. The van der Waals surface area contributed by atoms with Gasteiger partial charge in [0.05, 0.1) is 0 Å². The predicted octanol–water partition coefficient (Wildman–Crippen LogP) is 0.950. The highest BCUT2D eigenvalue weighted by atomic mass is 16.1. The molecule has 0 aromatic heterocycles. The molecule has 0 spiro atoms. The van der Waals surface area contributed by atoms with Crippen LogP contribution in [0.1, 0.15) is 26.7 Å². The van der Waals surface area contributed by atoms with E-state index in [9.17, 15) is 4.79 Å². The molecule has 0 aromatic carbocycles. The summed E-state index contributed by atoms with van der Waals surface area (Å²) in [5, 5.41) is 0. The summed E-state index contributed by atoms with van der Waals surface area (Å²) in [6.45, 7) is 4.26. The second-order valence-corrected chi connectivity index (χ2v) is 2.44. The molecule has 0 aromatic rings. The fraction of sp³-hybridized carbons (Fsp3) is 0.857. The number of ketones is 1. The highest BCUT2D eigenvalue weighted by Crippen LogP contribution is 2.04. The first-order valence-electron chi connectivity index (χ1n) is 3.39. The largest absolute Gasteiger partial charge is 0.330 e. The van der Waals surface area contributed by atoms with Crippen molar-refractivity contribution in [2.24, 2.45) is 11.7 Å². The molecule has 0 saturated carbocycles. The van der Waals surface area contributed by atoms with Gasteiger partial charge < -0.3 is 5.73 Å². The molecule has 0 fully saturated rings. The normalized spacial score (nSPS) is 13.2. The first kappa shape index (κ1) is 8.63. The lowest BCUT2D eigenvalue weighted by atomic mass is 10.0. The smallest absolute Gasteiger partial charge is 0.132 e. The minimum atomic E-state index is 0.202. The maximum atomic E-state index is 10.6. The van der Waals surface area contributed by atoms with Crippen LogP contribution in [0.4, 0.5) is 0 Å². The standard InChI is InChI=1S/C7H15NO/c1-6(7(2)9)4-3-5-8/h6H,3-5,8H2,1-2H3/t6-/m0/s1. The summed E-state index contributed by atoms with van der Waals surface area (Å²) in [5.74, 6) is 0.469. The minimum absolute atomic E-state index is 0.202. The molecule has 0 unspecified atom stereocenters. The lowest BCUT2D eigenvalue weighted by Crippen LogP contribution is -2.08. The second kappa shape index (κ2) is 4.50. The molecule has 1 atom stereocenters. The number of rotatable bonds is 4. The summed E-state index contributed by atoms with van der Waals surface area (Å²) in [6.07, 6.45) is 1.90. The molecule has 0 aliphatic carbocycles. The Hall–Kier alpha value is -0.370. The Morgan fingerprint density at radius 3 is 2.56 bits per heavy atom. The lowest BCUT2D eigenvalue weighted by Gasteiger charge is -2.03. The molecule has 2 N–H and O–H groups in total. The van der Waals surface area contributed by atoms with E-state index in [-0.39, 0.29) is 11.7 Å². The Labute approximate surface area is 56.4 Å². The van der Waals surface area contributed by atoms with Crippen molar-refractivity contribution in [3.05, 3.63) is 0 Å². The number of carbonyl (C=O) groups excluding carboxylic acids is 1. The van der Waals surface area contributed by atoms with Crippen molar-refractivity contribution >= 4 is 5.78 Å². The molecule has 54 valence electrons. The zero-order valence-corrected chi connectivity index (χ0v) is 6.18. The van der Waals surface area contributed by atoms with E-state index in [1.54, 1.807) is 6.92 Å². The molecule has 0 bridgehead atoms. The molecule has 0 saturated heterocycles. The summed E-state index contributed by atoms with van der Waals surface area (Å²) < 4.78 is 0. The van der Waals surface area contributed by atoms with Crippen LogP contribution in [-0.2, 0) is 4.79 Å². The van der Waals surface area contributed by atoms with Gasteiger partial charge in [0.25, 0.3) is 0 Å². The zero-order chi connectivity index (χ0) is 7.28. The van der Waals surface area contributed by atoms with Crippen molar-refractivity contribution in [1.29, 1.82) is 0 Å². The Morgan fingerprint density at radius 2 is 2.22 bits per heavy atom. The fourth-order valence-corrected chi connectivity index (χ4v) is 0.627. The Kier molecular flexibility index (Phi) is 4.32. The third kappa shape index (κ3) is 4.15. The molecular weight excluding hydrogens is 114 g/mol. The third-order valence-electron chi connectivity index (χ3n) is 1.54.